The van der Waals surface area contributed by atoms with Gasteiger partial charge in [-0.15, -0.1) is 0 Å². The molecule has 0 saturated carbocycles. The monoisotopic (exact) mass is 386 g/mol. The number of quaternary nitrogens is 1. The fourth-order valence-electron chi connectivity index (χ4n) is 4.50. The maximum Gasteiger partial charge on any atom is 0.109 e. The highest BCUT2D eigenvalue weighted by Gasteiger charge is 2.42. The first-order chi connectivity index (χ1) is 12.8. The summed E-state index contributed by atoms with van der Waals surface area (Å²) < 4.78 is 6.05. The molecule has 1 fully saturated rings. The Kier molecular flexibility index (Phi) is 6.30. The van der Waals surface area contributed by atoms with E-state index >= 15 is 0 Å². The average molecular weight is 387 g/mol. The minimum absolute atomic E-state index is 0.0646. The molecule has 27 heavy (non-hydrogen) atoms. The fourth-order valence-corrected chi connectivity index (χ4v) is 4.63. The van der Waals surface area contributed by atoms with Crippen molar-refractivity contribution in [1.82, 2.24) is 0 Å². The maximum absolute atomic E-state index is 6.05. The van der Waals surface area contributed by atoms with Gasteiger partial charge in [-0.25, -0.2) is 0 Å². The molecule has 2 aromatic rings. The molecule has 2 N–H and O–H groups in total. The second-order valence-corrected chi connectivity index (χ2v) is 9.23. The summed E-state index contributed by atoms with van der Waals surface area (Å²) in [6.45, 7) is 10.8. The van der Waals surface area contributed by atoms with Gasteiger partial charge in [-0.2, -0.15) is 0 Å². The van der Waals surface area contributed by atoms with Gasteiger partial charge in [0.25, 0.3) is 0 Å². The van der Waals surface area contributed by atoms with Crippen molar-refractivity contribution in [3.05, 3.63) is 70.2 Å². The highest BCUT2D eigenvalue weighted by Crippen LogP contribution is 2.43. The van der Waals surface area contributed by atoms with Crippen LogP contribution in [-0.2, 0) is 10.2 Å². The van der Waals surface area contributed by atoms with Gasteiger partial charge in [-0.1, -0.05) is 53.6 Å². The zero-order chi connectivity index (χ0) is 19.5. The van der Waals surface area contributed by atoms with Crippen molar-refractivity contribution in [3.8, 4) is 0 Å². The number of rotatable bonds is 6. The molecule has 0 amide bonds. The van der Waals surface area contributed by atoms with E-state index in [2.05, 4.69) is 69.4 Å². The molecule has 0 bridgehead atoms. The number of halogens is 1. The van der Waals surface area contributed by atoms with E-state index in [-0.39, 0.29) is 11.0 Å². The van der Waals surface area contributed by atoms with Crippen LogP contribution in [0.15, 0.2) is 48.5 Å². The molecule has 1 heterocycles. The molecule has 1 aliphatic heterocycles. The lowest BCUT2D eigenvalue weighted by Crippen LogP contribution is -2.85. The lowest BCUT2D eigenvalue weighted by molar-refractivity contribution is -0.693. The third-order valence-corrected chi connectivity index (χ3v) is 6.29. The Morgan fingerprint density at radius 3 is 2.37 bits per heavy atom. The minimum Gasteiger partial charge on any atom is -0.376 e. The Balaban J connectivity index is 1.72. The van der Waals surface area contributed by atoms with E-state index in [0.29, 0.717) is 6.04 Å². The normalized spacial score (nSPS) is 23.1. The van der Waals surface area contributed by atoms with Gasteiger partial charge in [-0.3, -0.25) is 0 Å². The van der Waals surface area contributed by atoms with Gasteiger partial charge in [0.2, 0.25) is 0 Å². The lowest BCUT2D eigenvalue weighted by atomic mass is 9.67. The second kappa shape index (κ2) is 8.34. The first kappa shape index (κ1) is 20.4. The molecular formula is C24H33ClNO+. The first-order valence-electron chi connectivity index (χ1n) is 10.1. The van der Waals surface area contributed by atoms with E-state index in [4.69, 9.17) is 16.3 Å². The Hall–Kier alpha value is -1.35. The number of benzene rings is 2. The van der Waals surface area contributed by atoms with Crippen molar-refractivity contribution < 1.29 is 10.1 Å². The molecule has 0 aromatic heterocycles. The fraction of sp³-hybridized carbons (Fsp3) is 0.500. The molecule has 3 heteroatoms. The number of ether oxygens (including phenoxy) is 1. The Morgan fingerprint density at radius 1 is 1.07 bits per heavy atom. The van der Waals surface area contributed by atoms with Crippen LogP contribution in [0.3, 0.4) is 0 Å². The van der Waals surface area contributed by atoms with E-state index in [0.717, 1.165) is 31.0 Å². The summed E-state index contributed by atoms with van der Waals surface area (Å²) >= 11 is 6.02. The topological polar surface area (TPSA) is 25.8 Å². The molecule has 0 unspecified atom stereocenters. The van der Waals surface area contributed by atoms with Gasteiger partial charge < -0.3 is 10.1 Å². The molecule has 0 aliphatic carbocycles. The summed E-state index contributed by atoms with van der Waals surface area (Å²) in [5.41, 5.74) is 4.26. The summed E-state index contributed by atoms with van der Waals surface area (Å²) in [7, 11) is 0. The summed E-state index contributed by atoms with van der Waals surface area (Å²) in [6.07, 6.45) is 3.34. The van der Waals surface area contributed by atoms with Crippen LogP contribution in [0.5, 0.6) is 0 Å². The van der Waals surface area contributed by atoms with Crippen LogP contribution in [-0.4, -0.2) is 18.8 Å². The van der Waals surface area contributed by atoms with Gasteiger partial charge in [0.1, 0.15) is 6.04 Å². The SMILES string of the molecule is Cc1ccc([C@]2(CC[NH2+][C@H](C)c3ccc(Cl)cc3)CCOC(C)(C)C2)cc1. The Labute approximate surface area is 169 Å². The molecule has 2 aromatic carbocycles. The zero-order valence-corrected chi connectivity index (χ0v) is 17.9. The molecule has 1 aliphatic rings. The molecular weight excluding hydrogens is 354 g/mol. The number of aryl methyl sites for hydroxylation is 1. The van der Waals surface area contributed by atoms with E-state index in [1.165, 1.54) is 23.1 Å². The van der Waals surface area contributed by atoms with Crippen molar-refractivity contribution in [2.45, 2.75) is 64.0 Å². The highest BCUT2D eigenvalue weighted by molar-refractivity contribution is 6.30. The second-order valence-electron chi connectivity index (χ2n) is 8.80. The molecule has 3 rings (SSSR count). The zero-order valence-electron chi connectivity index (χ0n) is 17.1. The van der Waals surface area contributed by atoms with Crippen LogP contribution in [0, 0.1) is 6.92 Å². The number of nitrogens with two attached hydrogens (primary N) is 1. The predicted molar refractivity (Wildman–Crippen MR) is 113 cm³/mol. The molecule has 2 atom stereocenters. The molecule has 0 radical (unpaired) electrons. The van der Waals surface area contributed by atoms with Crippen molar-refractivity contribution >= 4 is 11.6 Å². The van der Waals surface area contributed by atoms with Crippen LogP contribution < -0.4 is 5.32 Å². The number of hydrogen-bond acceptors (Lipinski definition) is 1. The van der Waals surface area contributed by atoms with Crippen LogP contribution >= 0.6 is 11.6 Å². The first-order valence-corrected chi connectivity index (χ1v) is 10.5. The largest absolute Gasteiger partial charge is 0.376 e. The van der Waals surface area contributed by atoms with Crippen molar-refractivity contribution in [3.63, 3.8) is 0 Å². The summed E-state index contributed by atoms with van der Waals surface area (Å²) in [6, 6.07) is 17.8. The quantitative estimate of drug-likeness (QED) is 0.726. The molecule has 0 spiro atoms. The van der Waals surface area contributed by atoms with E-state index in [1.54, 1.807) is 0 Å². The summed E-state index contributed by atoms with van der Waals surface area (Å²) in [4.78, 5) is 0. The van der Waals surface area contributed by atoms with Crippen LogP contribution in [0.2, 0.25) is 5.02 Å². The van der Waals surface area contributed by atoms with E-state index in [1.807, 2.05) is 12.1 Å². The number of hydrogen-bond donors (Lipinski definition) is 1. The van der Waals surface area contributed by atoms with Gasteiger partial charge >= 0.3 is 0 Å². The average Bonchev–Trinajstić information content (AvgIpc) is 2.62. The predicted octanol–water partition coefficient (Wildman–Crippen LogP) is 5.19. The Bertz CT molecular complexity index is 738. The van der Waals surface area contributed by atoms with Gasteiger partial charge in [0.05, 0.1) is 12.1 Å². The third kappa shape index (κ3) is 5.13. The highest BCUT2D eigenvalue weighted by atomic mass is 35.5. The van der Waals surface area contributed by atoms with Crippen LogP contribution in [0.4, 0.5) is 0 Å². The summed E-state index contributed by atoms with van der Waals surface area (Å²) in [5, 5.41) is 3.26. The summed E-state index contributed by atoms with van der Waals surface area (Å²) in [5.74, 6) is 0. The van der Waals surface area contributed by atoms with Crippen molar-refractivity contribution in [2.75, 3.05) is 13.2 Å². The van der Waals surface area contributed by atoms with Gasteiger partial charge in [0, 0.05) is 29.0 Å². The van der Waals surface area contributed by atoms with E-state index < -0.39 is 0 Å². The minimum atomic E-state index is -0.0646. The Morgan fingerprint density at radius 2 is 1.74 bits per heavy atom. The lowest BCUT2D eigenvalue weighted by Gasteiger charge is -2.45. The van der Waals surface area contributed by atoms with Crippen LogP contribution in [0.25, 0.3) is 0 Å². The van der Waals surface area contributed by atoms with Gasteiger partial charge in [-0.05, 0) is 58.2 Å². The van der Waals surface area contributed by atoms with Crippen molar-refractivity contribution in [1.29, 1.82) is 0 Å². The molecule has 146 valence electrons. The van der Waals surface area contributed by atoms with E-state index in [9.17, 15) is 0 Å². The van der Waals surface area contributed by atoms with Gasteiger partial charge in [0.15, 0.2) is 0 Å². The molecule has 2 nitrogen and oxygen atoms in total. The van der Waals surface area contributed by atoms with Crippen LogP contribution in [0.1, 0.15) is 62.8 Å². The third-order valence-electron chi connectivity index (χ3n) is 6.04. The standard InChI is InChI=1S/C24H32ClNO/c1-18-5-9-21(10-6-18)24(14-16-27-23(3,4)17-24)13-15-26-19(2)20-7-11-22(25)12-8-20/h5-12,19,26H,13-17H2,1-4H3/p+1/t19-,24-/m1/s1. The maximum atomic E-state index is 6.05. The smallest absolute Gasteiger partial charge is 0.109 e. The molecule has 1 saturated heterocycles. The van der Waals surface area contributed by atoms with Crippen molar-refractivity contribution in [2.24, 2.45) is 0 Å².